The normalized spacial score (nSPS) is 27.1. The summed E-state index contributed by atoms with van der Waals surface area (Å²) in [6, 6.07) is 0. The number of ether oxygens (including phenoxy) is 1. The fraction of sp³-hybridized carbons (Fsp3) is 0.812. The number of rotatable bonds is 5. The Morgan fingerprint density at radius 2 is 2.15 bits per heavy atom. The highest BCUT2D eigenvalue weighted by Crippen LogP contribution is 2.27. The minimum absolute atomic E-state index is 0.0198. The number of aliphatic hydroxyl groups excluding tert-OH is 1. The molecule has 2 N–H and O–H groups in total. The van der Waals surface area contributed by atoms with Crippen molar-refractivity contribution in [3.8, 4) is 0 Å². The van der Waals surface area contributed by atoms with E-state index in [1.54, 1.807) is 0 Å². The smallest absolute Gasteiger partial charge is 0.250 e. The van der Waals surface area contributed by atoms with Crippen molar-refractivity contribution < 1.29 is 14.6 Å². The van der Waals surface area contributed by atoms with Gasteiger partial charge in [0.25, 0.3) is 5.91 Å². The van der Waals surface area contributed by atoms with Gasteiger partial charge >= 0.3 is 0 Å². The number of hydrogen-bond acceptors (Lipinski definition) is 3. The molecule has 2 unspecified atom stereocenters. The zero-order valence-corrected chi connectivity index (χ0v) is 12.5. The quantitative estimate of drug-likeness (QED) is 0.761. The van der Waals surface area contributed by atoms with Gasteiger partial charge in [0.05, 0.1) is 18.3 Å². The van der Waals surface area contributed by atoms with Gasteiger partial charge in [-0.25, -0.2) is 0 Å². The molecule has 1 fully saturated rings. The van der Waals surface area contributed by atoms with E-state index in [-0.39, 0.29) is 12.0 Å². The molecular weight excluding hydrogens is 254 g/mol. The van der Waals surface area contributed by atoms with Crippen molar-refractivity contribution in [1.29, 1.82) is 0 Å². The standard InChI is InChI=1S/C16H27NO3/c1-12-14(8-5-11-20-12)16(19)17-10-4-7-13-6-2-3-9-15(13)18/h13,15,18H,2-11H2,1H3,(H,17,19). The minimum atomic E-state index is -0.129. The van der Waals surface area contributed by atoms with Crippen LogP contribution in [0.3, 0.4) is 0 Å². The van der Waals surface area contributed by atoms with Crippen LogP contribution in [0.1, 0.15) is 58.3 Å². The Kier molecular flexibility index (Phi) is 5.89. The number of nitrogens with one attached hydrogen (secondary N) is 1. The van der Waals surface area contributed by atoms with Gasteiger partial charge in [-0.05, 0) is 51.4 Å². The van der Waals surface area contributed by atoms with Crippen LogP contribution in [0.15, 0.2) is 11.3 Å². The Labute approximate surface area is 121 Å². The van der Waals surface area contributed by atoms with Crippen LogP contribution in [0, 0.1) is 5.92 Å². The van der Waals surface area contributed by atoms with Crippen molar-refractivity contribution in [2.75, 3.05) is 13.2 Å². The summed E-state index contributed by atoms with van der Waals surface area (Å²) in [6.07, 6.45) is 8.04. The summed E-state index contributed by atoms with van der Waals surface area (Å²) in [4.78, 5) is 12.0. The van der Waals surface area contributed by atoms with Gasteiger partial charge in [-0.1, -0.05) is 12.8 Å². The van der Waals surface area contributed by atoms with Gasteiger partial charge in [-0.15, -0.1) is 0 Å². The van der Waals surface area contributed by atoms with Crippen molar-refractivity contribution in [3.05, 3.63) is 11.3 Å². The van der Waals surface area contributed by atoms with Crippen molar-refractivity contribution in [2.24, 2.45) is 5.92 Å². The lowest BCUT2D eigenvalue weighted by Crippen LogP contribution is -2.30. The number of carbonyl (C=O) groups excluding carboxylic acids is 1. The first-order valence-corrected chi connectivity index (χ1v) is 7.97. The second kappa shape index (κ2) is 7.67. The predicted octanol–water partition coefficient (Wildman–Crippen LogP) is 2.52. The molecule has 1 heterocycles. The summed E-state index contributed by atoms with van der Waals surface area (Å²) in [7, 11) is 0. The van der Waals surface area contributed by atoms with Gasteiger partial charge in [-0.2, -0.15) is 0 Å². The SMILES string of the molecule is CC1=C(C(=O)NCCCC2CCCCC2O)CCCO1. The molecule has 2 rings (SSSR count). The summed E-state index contributed by atoms with van der Waals surface area (Å²) >= 11 is 0. The second-order valence-electron chi connectivity index (χ2n) is 6.00. The van der Waals surface area contributed by atoms with Crippen molar-refractivity contribution in [3.63, 3.8) is 0 Å². The molecule has 0 saturated heterocycles. The molecule has 0 aromatic carbocycles. The summed E-state index contributed by atoms with van der Waals surface area (Å²) < 4.78 is 5.41. The zero-order chi connectivity index (χ0) is 14.4. The van der Waals surface area contributed by atoms with Crippen LogP contribution < -0.4 is 5.32 Å². The average Bonchev–Trinajstić information content (AvgIpc) is 2.45. The molecule has 1 aliphatic carbocycles. The third-order valence-electron chi connectivity index (χ3n) is 4.49. The predicted molar refractivity (Wildman–Crippen MR) is 78.1 cm³/mol. The highest BCUT2D eigenvalue weighted by atomic mass is 16.5. The summed E-state index contributed by atoms with van der Waals surface area (Å²) in [6.45, 7) is 3.29. The molecule has 0 radical (unpaired) electrons. The molecule has 1 saturated carbocycles. The van der Waals surface area contributed by atoms with Crippen molar-refractivity contribution in [2.45, 2.75) is 64.4 Å². The molecule has 4 heteroatoms. The van der Waals surface area contributed by atoms with Crippen LogP contribution in [0.25, 0.3) is 0 Å². The van der Waals surface area contributed by atoms with E-state index in [0.717, 1.165) is 62.9 Å². The van der Waals surface area contributed by atoms with Gasteiger partial charge < -0.3 is 15.2 Å². The fourth-order valence-electron chi connectivity index (χ4n) is 3.21. The first-order chi connectivity index (χ1) is 9.68. The molecule has 20 heavy (non-hydrogen) atoms. The fourth-order valence-corrected chi connectivity index (χ4v) is 3.21. The van der Waals surface area contributed by atoms with Gasteiger partial charge in [-0.3, -0.25) is 4.79 Å². The molecular formula is C16H27NO3. The lowest BCUT2D eigenvalue weighted by Gasteiger charge is -2.27. The van der Waals surface area contributed by atoms with Crippen LogP contribution >= 0.6 is 0 Å². The number of carbonyl (C=O) groups is 1. The van der Waals surface area contributed by atoms with Gasteiger partial charge in [0, 0.05) is 6.54 Å². The summed E-state index contributed by atoms with van der Waals surface area (Å²) in [5.41, 5.74) is 0.800. The molecule has 114 valence electrons. The summed E-state index contributed by atoms with van der Waals surface area (Å²) in [5, 5.41) is 12.9. The maximum absolute atomic E-state index is 12.0. The number of hydrogen-bond donors (Lipinski definition) is 2. The zero-order valence-electron chi connectivity index (χ0n) is 12.5. The molecule has 0 aromatic rings. The van der Waals surface area contributed by atoms with Crippen molar-refractivity contribution >= 4 is 5.91 Å². The molecule has 1 aliphatic heterocycles. The highest BCUT2D eigenvalue weighted by molar-refractivity contribution is 5.93. The Balaban J connectivity index is 1.66. The molecule has 0 spiro atoms. The van der Waals surface area contributed by atoms with E-state index < -0.39 is 0 Å². The van der Waals surface area contributed by atoms with Gasteiger partial charge in [0.15, 0.2) is 0 Å². The van der Waals surface area contributed by atoms with Gasteiger partial charge in [0.1, 0.15) is 5.76 Å². The molecule has 0 bridgehead atoms. The number of amides is 1. The average molecular weight is 281 g/mol. The topological polar surface area (TPSA) is 58.6 Å². The second-order valence-corrected chi connectivity index (χ2v) is 6.00. The molecule has 2 aliphatic rings. The Morgan fingerprint density at radius 1 is 1.35 bits per heavy atom. The Morgan fingerprint density at radius 3 is 2.90 bits per heavy atom. The van der Waals surface area contributed by atoms with Gasteiger partial charge in [0.2, 0.25) is 0 Å². The van der Waals surface area contributed by atoms with Crippen LogP contribution in [0.2, 0.25) is 0 Å². The molecule has 4 nitrogen and oxygen atoms in total. The van der Waals surface area contributed by atoms with E-state index >= 15 is 0 Å². The Hall–Kier alpha value is -1.03. The first kappa shape index (κ1) is 15.4. The van der Waals surface area contributed by atoms with Crippen molar-refractivity contribution in [1.82, 2.24) is 5.32 Å². The molecule has 2 atom stereocenters. The monoisotopic (exact) mass is 281 g/mol. The van der Waals surface area contributed by atoms with E-state index in [4.69, 9.17) is 4.74 Å². The molecule has 0 aromatic heterocycles. The largest absolute Gasteiger partial charge is 0.498 e. The van der Waals surface area contributed by atoms with E-state index in [2.05, 4.69) is 5.32 Å². The third kappa shape index (κ3) is 4.23. The maximum atomic E-state index is 12.0. The van der Waals surface area contributed by atoms with E-state index in [0.29, 0.717) is 12.5 Å². The lowest BCUT2D eigenvalue weighted by atomic mass is 9.83. The summed E-state index contributed by atoms with van der Waals surface area (Å²) in [5.74, 6) is 1.22. The van der Waals surface area contributed by atoms with Crippen LogP contribution in [-0.4, -0.2) is 30.3 Å². The van der Waals surface area contributed by atoms with Crippen LogP contribution in [-0.2, 0) is 9.53 Å². The first-order valence-electron chi connectivity index (χ1n) is 7.97. The van der Waals surface area contributed by atoms with E-state index in [1.807, 2.05) is 6.92 Å². The maximum Gasteiger partial charge on any atom is 0.250 e. The number of aliphatic hydroxyl groups is 1. The minimum Gasteiger partial charge on any atom is -0.498 e. The third-order valence-corrected chi connectivity index (χ3v) is 4.49. The van der Waals surface area contributed by atoms with E-state index in [1.165, 1.54) is 6.42 Å². The van der Waals surface area contributed by atoms with E-state index in [9.17, 15) is 9.90 Å². The lowest BCUT2D eigenvalue weighted by molar-refractivity contribution is -0.118. The number of allylic oxidation sites excluding steroid dienone is 1. The van der Waals surface area contributed by atoms with Crippen LogP contribution in [0.4, 0.5) is 0 Å². The molecule has 1 amide bonds. The Bertz CT molecular complexity index is 365. The highest BCUT2D eigenvalue weighted by Gasteiger charge is 2.22. The van der Waals surface area contributed by atoms with Crippen LogP contribution in [0.5, 0.6) is 0 Å².